The van der Waals surface area contributed by atoms with E-state index in [-0.39, 0.29) is 5.82 Å². The molecule has 0 radical (unpaired) electrons. The van der Waals surface area contributed by atoms with Crippen molar-refractivity contribution in [1.82, 2.24) is 9.97 Å². The monoisotopic (exact) mass is 266 g/mol. The lowest BCUT2D eigenvalue weighted by atomic mass is 10.2. The van der Waals surface area contributed by atoms with Crippen molar-refractivity contribution in [2.45, 2.75) is 6.92 Å². The summed E-state index contributed by atoms with van der Waals surface area (Å²) < 4.78 is 14.2. The maximum absolute atomic E-state index is 13.4. The van der Waals surface area contributed by atoms with Crippen molar-refractivity contribution in [2.24, 2.45) is 0 Å². The van der Waals surface area contributed by atoms with Gasteiger partial charge >= 0.3 is 0 Å². The summed E-state index contributed by atoms with van der Waals surface area (Å²) in [6.07, 6.45) is 1.63. The normalized spacial score (nSPS) is 10.3. The number of hydrogen-bond acceptors (Lipinski definition) is 2. The topological polar surface area (TPSA) is 25.8 Å². The molecule has 0 unspecified atom stereocenters. The van der Waals surface area contributed by atoms with Crippen molar-refractivity contribution < 1.29 is 4.39 Å². The van der Waals surface area contributed by atoms with E-state index < -0.39 is 0 Å². The molecule has 0 spiro atoms. The van der Waals surface area contributed by atoms with Crippen LogP contribution in [0.5, 0.6) is 0 Å². The van der Waals surface area contributed by atoms with Gasteiger partial charge < -0.3 is 0 Å². The molecule has 1 aromatic heterocycles. The molecule has 2 aromatic rings. The Balaban J connectivity index is 2.55. The highest BCUT2D eigenvalue weighted by Crippen LogP contribution is 2.21. The smallest absolute Gasteiger partial charge is 0.162 e. The Hall–Kier alpha value is -1.29. The zero-order valence-electron chi connectivity index (χ0n) is 8.04. The highest BCUT2D eigenvalue weighted by Gasteiger charge is 2.07. The molecule has 0 bridgehead atoms. The van der Waals surface area contributed by atoms with Gasteiger partial charge in [-0.2, -0.15) is 0 Å². The van der Waals surface area contributed by atoms with Crippen molar-refractivity contribution >= 4 is 15.9 Å². The van der Waals surface area contributed by atoms with Crippen LogP contribution >= 0.6 is 15.9 Å². The van der Waals surface area contributed by atoms with Crippen LogP contribution in [0.15, 0.2) is 34.9 Å². The van der Waals surface area contributed by atoms with Crippen LogP contribution in [0.4, 0.5) is 4.39 Å². The molecule has 0 aliphatic rings. The summed E-state index contributed by atoms with van der Waals surface area (Å²) in [5.41, 5.74) is 1.22. The van der Waals surface area contributed by atoms with Crippen molar-refractivity contribution in [3.63, 3.8) is 0 Å². The molecule has 1 aromatic carbocycles. The Morgan fingerprint density at radius 1 is 1.27 bits per heavy atom. The summed E-state index contributed by atoms with van der Waals surface area (Å²) >= 11 is 3.30. The van der Waals surface area contributed by atoms with Gasteiger partial charge in [-0.05, 0) is 35.0 Å². The van der Waals surface area contributed by atoms with E-state index in [0.717, 1.165) is 10.2 Å². The van der Waals surface area contributed by atoms with E-state index in [1.165, 1.54) is 6.07 Å². The van der Waals surface area contributed by atoms with Crippen molar-refractivity contribution in [3.05, 3.63) is 46.4 Å². The van der Waals surface area contributed by atoms with Crippen LogP contribution in [0.1, 0.15) is 5.69 Å². The molecule has 1 heterocycles. The lowest BCUT2D eigenvalue weighted by Crippen LogP contribution is -1.94. The van der Waals surface area contributed by atoms with Crippen LogP contribution in [-0.4, -0.2) is 9.97 Å². The Labute approximate surface area is 95.3 Å². The minimum absolute atomic E-state index is 0.306. The van der Waals surface area contributed by atoms with Gasteiger partial charge in [-0.3, -0.25) is 0 Å². The molecule has 15 heavy (non-hydrogen) atoms. The second-order valence-electron chi connectivity index (χ2n) is 3.11. The van der Waals surface area contributed by atoms with Crippen LogP contribution in [0.3, 0.4) is 0 Å². The Morgan fingerprint density at radius 3 is 2.67 bits per heavy atom. The summed E-state index contributed by atoms with van der Waals surface area (Å²) in [5, 5.41) is 0. The van der Waals surface area contributed by atoms with Crippen molar-refractivity contribution in [3.8, 4) is 11.4 Å². The van der Waals surface area contributed by atoms with E-state index in [4.69, 9.17) is 0 Å². The number of aryl methyl sites for hydroxylation is 1. The molecule has 76 valence electrons. The fourth-order valence-electron chi connectivity index (χ4n) is 1.22. The zero-order chi connectivity index (χ0) is 10.8. The van der Waals surface area contributed by atoms with Crippen LogP contribution in [-0.2, 0) is 0 Å². The molecule has 0 amide bonds. The van der Waals surface area contributed by atoms with Crippen LogP contribution < -0.4 is 0 Å². The standard InChI is InChI=1S/C11H8BrFN2/c1-7-9(12)6-14-11(15-7)8-4-2-3-5-10(8)13/h2-6H,1H3. The zero-order valence-corrected chi connectivity index (χ0v) is 9.62. The molecule has 0 aliphatic heterocycles. The van der Waals surface area contributed by atoms with Gasteiger partial charge in [0.2, 0.25) is 0 Å². The Bertz CT molecular complexity index is 500. The maximum atomic E-state index is 13.4. The molecule has 0 N–H and O–H groups in total. The fourth-order valence-corrected chi connectivity index (χ4v) is 1.42. The van der Waals surface area contributed by atoms with E-state index in [2.05, 4.69) is 25.9 Å². The number of rotatable bonds is 1. The summed E-state index contributed by atoms with van der Waals surface area (Å²) in [6, 6.07) is 6.47. The molecular weight excluding hydrogens is 259 g/mol. The van der Waals surface area contributed by atoms with Crippen LogP contribution in [0.2, 0.25) is 0 Å². The van der Waals surface area contributed by atoms with Gasteiger partial charge in [0.05, 0.1) is 15.7 Å². The van der Waals surface area contributed by atoms with Gasteiger partial charge in [-0.1, -0.05) is 12.1 Å². The quantitative estimate of drug-likeness (QED) is 0.791. The molecule has 0 atom stereocenters. The summed E-state index contributed by atoms with van der Waals surface area (Å²) in [6.45, 7) is 1.84. The number of hydrogen-bond donors (Lipinski definition) is 0. The maximum Gasteiger partial charge on any atom is 0.162 e. The van der Waals surface area contributed by atoms with E-state index in [0.29, 0.717) is 11.4 Å². The van der Waals surface area contributed by atoms with Crippen molar-refractivity contribution in [1.29, 1.82) is 0 Å². The first kappa shape index (κ1) is 10.2. The highest BCUT2D eigenvalue weighted by molar-refractivity contribution is 9.10. The molecule has 2 rings (SSSR count). The van der Waals surface area contributed by atoms with Gasteiger partial charge in [-0.25, -0.2) is 14.4 Å². The molecule has 4 heteroatoms. The minimum atomic E-state index is -0.306. The second-order valence-corrected chi connectivity index (χ2v) is 3.96. The summed E-state index contributed by atoms with van der Waals surface area (Å²) in [4.78, 5) is 8.28. The second kappa shape index (κ2) is 4.06. The Morgan fingerprint density at radius 2 is 2.00 bits per heavy atom. The van der Waals surface area contributed by atoms with E-state index in [1.807, 2.05) is 6.92 Å². The SMILES string of the molecule is Cc1nc(-c2ccccc2F)ncc1Br. The largest absolute Gasteiger partial charge is 0.235 e. The number of halogens is 2. The number of aromatic nitrogens is 2. The first-order chi connectivity index (χ1) is 7.18. The summed E-state index contributed by atoms with van der Waals surface area (Å²) in [5.74, 6) is 0.105. The predicted molar refractivity (Wildman–Crippen MR) is 59.9 cm³/mol. The lowest BCUT2D eigenvalue weighted by Gasteiger charge is -2.03. The Kier molecular flexibility index (Phi) is 2.77. The first-order valence-electron chi connectivity index (χ1n) is 4.42. The molecule has 2 nitrogen and oxygen atoms in total. The van der Waals surface area contributed by atoms with E-state index in [9.17, 15) is 4.39 Å². The number of nitrogens with zero attached hydrogens (tertiary/aromatic N) is 2. The molecular formula is C11H8BrFN2. The average Bonchev–Trinajstić information content (AvgIpc) is 2.23. The third-order valence-electron chi connectivity index (χ3n) is 2.03. The molecule has 0 saturated heterocycles. The van der Waals surface area contributed by atoms with Crippen LogP contribution in [0.25, 0.3) is 11.4 Å². The number of benzene rings is 1. The molecule has 0 saturated carbocycles. The van der Waals surface area contributed by atoms with Gasteiger partial charge in [0.1, 0.15) is 5.82 Å². The van der Waals surface area contributed by atoms with E-state index >= 15 is 0 Å². The van der Waals surface area contributed by atoms with Gasteiger partial charge in [0, 0.05) is 6.20 Å². The van der Waals surface area contributed by atoms with Crippen molar-refractivity contribution in [2.75, 3.05) is 0 Å². The van der Waals surface area contributed by atoms with Crippen LogP contribution in [0, 0.1) is 12.7 Å². The fraction of sp³-hybridized carbons (Fsp3) is 0.0909. The third kappa shape index (κ3) is 2.04. The first-order valence-corrected chi connectivity index (χ1v) is 5.22. The van der Waals surface area contributed by atoms with Gasteiger partial charge in [-0.15, -0.1) is 0 Å². The molecule has 0 aliphatic carbocycles. The van der Waals surface area contributed by atoms with Gasteiger partial charge in [0.25, 0.3) is 0 Å². The highest BCUT2D eigenvalue weighted by atomic mass is 79.9. The van der Waals surface area contributed by atoms with Gasteiger partial charge in [0.15, 0.2) is 5.82 Å². The molecule has 0 fully saturated rings. The third-order valence-corrected chi connectivity index (χ3v) is 2.81. The lowest BCUT2D eigenvalue weighted by molar-refractivity contribution is 0.630. The van der Waals surface area contributed by atoms with E-state index in [1.54, 1.807) is 24.4 Å². The predicted octanol–water partition coefficient (Wildman–Crippen LogP) is 3.35. The summed E-state index contributed by atoms with van der Waals surface area (Å²) in [7, 11) is 0. The average molecular weight is 267 g/mol. The minimum Gasteiger partial charge on any atom is -0.235 e.